The van der Waals surface area contributed by atoms with Crippen molar-refractivity contribution in [3.63, 3.8) is 0 Å². The van der Waals surface area contributed by atoms with Gasteiger partial charge in [-0.05, 0) is 22.6 Å². The van der Waals surface area contributed by atoms with E-state index in [1.165, 1.54) is 11.3 Å². The summed E-state index contributed by atoms with van der Waals surface area (Å²) in [5, 5.41) is 0.782. The van der Waals surface area contributed by atoms with Crippen LogP contribution >= 0.6 is 33.9 Å². The molecule has 0 aliphatic carbocycles. The largest absolute Gasteiger partial charge is 0.389 e. The molecule has 1 heterocycles. The number of nitrogens with two attached hydrogens (primary N) is 1. The molecule has 0 radical (unpaired) electrons. The summed E-state index contributed by atoms with van der Waals surface area (Å²) in [4.78, 5) is 3.90. The molecule has 2 nitrogen and oxygen atoms in total. The number of aromatic nitrogens is 1. The van der Waals surface area contributed by atoms with Gasteiger partial charge in [0.1, 0.15) is 5.00 Å². The lowest BCUT2D eigenvalue weighted by molar-refractivity contribution is 1.38. The van der Waals surface area contributed by atoms with Crippen molar-refractivity contribution >= 4 is 38.9 Å². The maximum atomic E-state index is 5.33. The van der Waals surface area contributed by atoms with Gasteiger partial charge in [0.05, 0.1) is 6.20 Å². The highest BCUT2D eigenvalue weighted by molar-refractivity contribution is 14.1. The number of hydrogen-bond donors (Lipinski definition) is 1. The zero-order valence-electron chi connectivity index (χ0n) is 3.39. The standard InChI is InChI=1S/C3H3IN2S/c4-3-6-1-2(5)7-3/h1H,5H2. The third-order valence-corrected chi connectivity index (χ3v) is 2.05. The predicted octanol–water partition coefficient (Wildman–Crippen LogP) is 1.33. The third kappa shape index (κ3) is 1.27. The van der Waals surface area contributed by atoms with E-state index in [0.29, 0.717) is 0 Å². The topological polar surface area (TPSA) is 38.9 Å². The number of nitrogen functional groups attached to an aromatic ring is 1. The molecule has 7 heavy (non-hydrogen) atoms. The zero-order chi connectivity index (χ0) is 5.28. The first kappa shape index (κ1) is 5.30. The SMILES string of the molecule is Nc1cnc(I)s1. The summed E-state index contributed by atoms with van der Waals surface area (Å²) in [6, 6.07) is 0. The summed E-state index contributed by atoms with van der Waals surface area (Å²) in [7, 11) is 0. The number of rotatable bonds is 0. The van der Waals surface area contributed by atoms with Gasteiger partial charge in [-0.2, -0.15) is 0 Å². The molecule has 4 heteroatoms. The molecule has 0 saturated heterocycles. The maximum Gasteiger partial charge on any atom is 0.155 e. The van der Waals surface area contributed by atoms with Gasteiger partial charge >= 0.3 is 0 Å². The normalized spacial score (nSPS) is 9.29. The summed E-state index contributed by atoms with van der Waals surface area (Å²) in [5.74, 6) is 0. The second-order valence-corrected chi connectivity index (χ2v) is 3.83. The van der Waals surface area contributed by atoms with E-state index in [2.05, 4.69) is 27.6 Å². The Hall–Kier alpha value is 0.160. The van der Waals surface area contributed by atoms with E-state index in [4.69, 9.17) is 5.73 Å². The highest BCUT2D eigenvalue weighted by Crippen LogP contribution is 2.15. The first-order chi connectivity index (χ1) is 3.29. The summed E-state index contributed by atoms with van der Waals surface area (Å²) < 4.78 is 0.995. The Morgan fingerprint density at radius 1 is 1.86 bits per heavy atom. The van der Waals surface area contributed by atoms with Crippen molar-refractivity contribution in [2.24, 2.45) is 0 Å². The molecule has 0 unspecified atom stereocenters. The lowest BCUT2D eigenvalue weighted by atomic mass is 10.9. The minimum absolute atomic E-state index is 0.782. The quantitative estimate of drug-likeness (QED) is 0.677. The number of anilines is 1. The maximum absolute atomic E-state index is 5.33. The average Bonchev–Trinajstić information content (AvgIpc) is 1.87. The van der Waals surface area contributed by atoms with Crippen LogP contribution in [0.3, 0.4) is 0 Å². The fourth-order valence-corrected chi connectivity index (χ4v) is 1.57. The second kappa shape index (κ2) is 1.95. The van der Waals surface area contributed by atoms with Crippen molar-refractivity contribution in [3.05, 3.63) is 9.21 Å². The fourth-order valence-electron chi connectivity index (χ4n) is 0.264. The van der Waals surface area contributed by atoms with Crippen LogP contribution in [0, 0.1) is 3.01 Å². The molecule has 2 N–H and O–H groups in total. The molecule has 0 aromatic carbocycles. The van der Waals surface area contributed by atoms with Crippen LogP contribution in [0.15, 0.2) is 6.20 Å². The number of halogens is 1. The van der Waals surface area contributed by atoms with Crippen LogP contribution in [0.4, 0.5) is 5.00 Å². The van der Waals surface area contributed by atoms with Gasteiger partial charge in [-0.25, -0.2) is 4.98 Å². The van der Waals surface area contributed by atoms with Crippen molar-refractivity contribution in [1.82, 2.24) is 4.98 Å². The summed E-state index contributed by atoms with van der Waals surface area (Å²) in [5.41, 5.74) is 5.33. The van der Waals surface area contributed by atoms with Crippen LogP contribution in [0.2, 0.25) is 0 Å². The molecule has 0 aliphatic rings. The smallest absolute Gasteiger partial charge is 0.155 e. The molecule has 0 bridgehead atoms. The molecular weight excluding hydrogens is 223 g/mol. The van der Waals surface area contributed by atoms with Crippen molar-refractivity contribution in [2.45, 2.75) is 0 Å². The Morgan fingerprint density at radius 2 is 2.57 bits per heavy atom. The number of thiazole rings is 1. The summed E-state index contributed by atoms with van der Waals surface area (Å²) in [6.45, 7) is 0. The molecule has 1 aromatic rings. The van der Waals surface area contributed by atoms with Crippen molar-refractivity contribution in [2.75, 3.05) is 5.73 Å². The highest BCUT2D eigenvalue weighted by Gasteiger charge is 1.88. The van der Waals surface area contributed by atoms with Crippen molar-refractivity contribution in [3.8, 4) is 0 Å². The number of hydrogen-bond acceptors (Lipinski definition) is 3. The van der Waals surface area contributed by atoms with Gasteiger partial charge in [0.2, 0.25) is 0 Å². The molecule has 1 aromatic heterocycles. The van der Waals surface area contributed by atoms with Crippen LogP contribution in [-0.4, -0.2) is 4.98 Å². The molecule has 38 valence electrons. The third-order valence-electron chi connectivity index (χ3n) is 0.495. The molecule has 0 amide bonds. The van der Waals surface area contributed by atoms with E-state index in [9.17, 15) is 0 Å². The van der Waals surface area contributed by atoms with Crippen LogP contribution in [0.25, 0.3) is 0 Å². The zero-order valence-corrected chi connectivity index (χ0v) is 6.36. The predicted molar refractivity (Wildman–Crippen MR) is 39.2 cm³/mol. The lowest BCUT2D eigenvalue weighted by Crippen LogP contribution is -1.73. The monoisotopic (exact) mass is 226 g/mol. The minimum Gasteiger partial charge on any atom is -0.389 e. The van der Waals surface area contributed by atoms with Gasteiger partial charge in [-0.15, -0.1) is 0 Å². The Morgan fingerprint density at radius 3 is 2.71 bits per heavy atom. The van der Waals surface area contributed by atoms with E-state index in [1.807, 2.05) is 0 Å². The Kier molecular flexibility index (Phi) is 1.48. The Bertz CT molecular complexity index is 145. The van der Waals surface area contributed by atoms with Gasteiger partial charge in [-0.3, -0.25) is 0 Å². The fraction of sp³-hybridized carbons (Fsp3) is 0. The second-order valence-electron chi connectivity index (χ2n) is 1.02. The van der Waals surface area contributed by atoms with Gasteiger partial charge < -0.3 is 5.73 Å². The molecule has 0 atom stereocenters. The van der Waals surface area contributed by atoms with Crippen molar-refractivity contribution < 1.29 is 0 Å². The van der Waals surface area contributed by atoms with Crippen LogP contribution in [-0.2, 0) is 0 Å². The molecule has 0 saturated carbocycles. The molecule has 0 aliphatic heterocycles. The van der Waals surface area contributed by atoms with Gasteiger partial charge in [0.15, 0.2) is 3.01 Å². The van der Waals surface area contributed by atoms with Gasteiger partial charge in [0, 0.05) is 0 Å². The van der Waals surface area contributed by atoms with E-state index in [1.54, 1.807) is 6.20 Å². The lowest BCUT2D eigenvalue weighted by Gasteiger charge is -1.68. The molecular formula is C3H3IN2S. The number of nitrogens with zero attached hydrogens (tertiary/aromatic N) is 1. The van der Waals surface area contributed by atoms with Gasteiger partial charge in [0.25, 0.3) is 0 Å². The average molecular weight is 226 g/mol. The van der Waals surface area contributed by atoms with E-state index in [0.717, 1.165) is 8.02 Å². The first-order valence-electron chi connectivity index (χ1n) is 1.66. The Balaban J connectivity index is 3.04. The van der Waals surface area contributed by atoms with Gasteiger partial charge in [-0.1, -0.05) is 11.3 Å². The summed E-state index contributed by atoms with van der Waals surface area (Å²) in [6.07, 6.45) is 1.66. The van der Waals surface area contributed by atoms with E-state index >= 15 is 0 Å². The molecule has 0 spiro atoms. The van der Waals surface area contributed by atoms with Crippen molar-refractivity contribution in [1.29, 1.82) is 0 Å². The highest BCUT2D eigenvalue weighted by atomic mass is 127. The van der Waals surface area contributed by atoms with Crippen LogP contribution < -0.4 is 5.73 Å². The Labute approximate surface area is 58.9 Å². The van der Waals surface area contributed by atoms with Crippen LogP contribution in [0.1, 0.15) is 0 Å². The molecule has 1 rings (SSSR count). The van der Waals surface area contributed by atoms with E-state index < -0.39 is 0 Å². The first-order valence-corrected chi connectivity index (χ1v) is 3.55. The molecule has 0 fully saturated rings. The van der Waals surface area contributed by atoms with E-state index in [-0.39, 0.29) is 0 Å². The summed E-state index contributed by atoms with van der Waals surface area (Å²) >= 11 is 3.62. The minimum atomic E-state index is 0.782. The van der Waals surface area contributed by atoms with Crippen LogP contribution in [0.5, 0.6) is 0 Å².